The topological polar surface area (TPSA) is 79.5 Å². The fraction of sp³-hybridized carbons (Fsp3) is 0.467. The molecule has 21 heavy (non-hydrogen) atoms. The molecule has 3 amide bonds. The summed E-state index contributed by atoms with van der Waals surface area (Å²) in [5.41, 5.74) is 1.04. The Bertz CT molecular complexity index is 501. The minimum atomic E-state index is -0.280. The van der Waals surface area contributed by atoms with E-state index >= 15 is 0 Å². The molecule has 1 aromatic rings. The monoisotopic (exact) mass is 291 g/mol. The van der Waals surface area contributed by atoms with Gasteiger partial charge in [-0.1, -0.05) is 18.2 Å². The van der Waals surface area contributed by atoms with E-state index in [4.69, 9.17) is 4.74 Å². The van der Waals surface area contributed by atoms with Gasteiger partial charge < -0.3 is 20.7 Å². The minimum absolute atomic E-state index is 0.00945. The molecular weight excluding hydrogens is 270 g/mol. The van der Waals surface area contributed by atoms with Gasteiger partial charge in [-0.3, -0.25) is 4.79 Å². The first-order valence-corrected chi connectivity index (χ1v) is 7.12. The van der Waals surface area contributed by atoms with Crippen molar-refractivity contribution in [1.29, 1.82) is 0 Å². The van der Waals surface area contributed by atoms with Gasteiger partial charge in [-0.05, 0) is 30.9 Å². The zero-order chi connectivity index (χ0) is 15.1. The van der Waals surface area contributed by atoms with E-state index in [1.807, 2.05) is 24.3 Å². The van der Waals surface area contributed by atoms with Crippen molar-refractivity contribution >= 4 is 11.9 Å². The molecule has 1 aliphatic carbocycles. The first-order chi connectivity index (χ1) is 10.2. The van der Waals surface area contributed by atoms with Gasteiger partial charge in [0.2, 0.25) is 5.91 Å². The first-order valence-electron chi connectivity index (χ1n) is 7.12. The molecule has 0 bridgehead atoms. The lowest BCUT2D eigenvalue weighted by Crippen LogP contribution is -2.43. The number of hydrogen-bond donors (Lipinski definition) is 3. The van der Waals surface area contributed by atoms with Crippen molar-refractivity contribution in [1.82, 2.24) is 16.0 Å². The predicted molar refractivity (Wildman–Crippen MR) is 79.3 cm³/mol. The summed E-state index contributed by atoms with van der Waals surface area (Å²) in [5, 5.41) is 8.07. The second-order valence-corrected chi connectivity index (χ2v) is 5.01. The Labute approximate surface area is 124 Å². The molecular formula is C15H21N3O3. The summed E-state index contributed by atoms with van der Waals surface area (Å²) in [7, 11) is 1.62. The van der Waals surface area contributed by atoms with Crippen molar-refractivity contribution in [3.05, 3.63) is 29.8 Å². The zero-order valence-corrected chi connectivity index (χ0v) is 12.1. The molecule has 0 atom stereocenters. The predicted octanol–water partition coefficient (Wildman–Crippen LogP) is 0.815. The lowest BCUT2D eigenvalue weighted by atomic mass is 10.1. The van der Waals surface area contributed by atoms with Crippen molar-refractivity contribution in [3.8, 4) is 5.75 Å². The van der Waals surface area contributed by atoms with E-state index in [0.717, 1.165) is 24.2 Å². The van der Waals surface area contributed by atoms with E-state index in [1.165, 1.54) is 0 Å². The van der Waals surface area contributed by atoms with Crippen LogP contribution in [0.25, 0.3) is 0 Å². The number of benzene rings is 1. The number of ether oxygens (including phenoxy) is 1. The van der Waals surface area contributed by atoms with Crippen molar-refractivity contribution < 1.29 is 14.3 Å². The third-order valence-corrected chi connectivity index (χ3v) is 3.23. The van der Waals surface area contributed by atoms with Crippen molar-refractivity contribution in [3.63, 3.8) is 0 Å². The van der Waals surface area contributed by atoms with Crippen LogP contribution in [0.15, 0.2) is 24.3 Å². The normalized spacial score (nSPS) is 13.4. The molecule has 114 valence electrons. The molecule has 0 unspecified atom stereocenters. The van der Waals surface area contributed by atoms with Crippen LogP contribution in [0, 0.1) is 0 Å². The molecule has 0 aromatic heterocycles. The van der Waals surface area contributed by atoms with Crippen LogP contribution >= 0.6 is 0 Å². The summed E-state index contributed by atoms with van der Waals surface area (Å²) in [4.78, 5) is 23.0. The van der Waals surface area contributed by atoms with Crippen LogP contribution in [0.2, 0.25) is 0 Å². The Balaban J connectivity index is 1.63. The molecule has 1 fully saturated rings. The molecule has 1 saturated carbocycles. The highest BCUT2D eigenvalue weighted by atomic mass is 16.5. The summed E-state index contributed by atoms with van der Waals surface area (Å²) in [6.45, 7) is 0.496. The Morgan fingerprint density at radius 3 is 2.71 bits per heavy atom. The highest BCUT2D eigenvalue weighted by Crippen LogP contribution is 2.18. The van der Waals surface area contributed by atoms with Gasteiger partial charge >= 0.3 is 6.03 Å². The maximum atomic E-state index is 11.6. The molecule has 0 radical (unpaired) electrons. The van der Waals surface area contributed by atoms with Gasteiger partial charge in [0.15, 0.2) is 0 Å². The standard InChI is InChI=1S/C15H21N3O3/c1-21-13-5-3-2-4-11(13)8-9-16-14(19)10-17-15(20)18-12-6-7-12/h2-5,12H,6-10H2,1H3,(H,16,19)(H2,17,18,20). The van der Waals surface area contributed by atoms with E-state index in [2.05, 4.69) is 16.0 Å². The number of hydrogen-bond acceptors (Lipinski definition) is 3. The van der Waals surface area contributed by atoms with Gasteiger partial charge in [0.05, 0.1) is 13.7 Å². The van der Waals surface area contributed by atoms with E-state index in [1.54, 1.807) is 7.11 Å². The third kappa shape index (κ3) is 5.33. The highest BCUT2D eigenvalue weighted by Gasteiger charge is 2.23. The van der Waals surface area contributed by atoms with Crippen LogP contribution in [-0.4, -0.2) is 38.2 Å². The Hall–Kier alpha value is -2.24. The molecule has 0 heterocycles. The van der Waals surface area contributed by atoms with Crippen molar-refractivity contribution in [2.75, 3.05) is 20.2 Å². The fourth-order valence-corrected chi connectivity index (χ4v) is 1.93. The second kappa shape index (κ2) is 7.52. The summed E-state index contributed by atoms with van der Waals surface area (Å²) < 4.78 is 5.25. The molecule has 6 nitrogen and oxygen atoms in total. The SMILES string of the molecule is COc1ccccc1CCNC(=O)CNC(=O)NC1CC1. The van der Waals surface area contributed by atoms with E-state index in [9.17, 15) is 9.59 Å². The van der Waals surface area contributed by atoms with E-state index in [-0.39, 0.29) is 18.5 Å². The fourth-order valence-electron chi connectivity index (χ4n) is 1.93. The highest BCUT2D eigenvalue weighted by molar-refractivity contribution is 5.84. The molecule has 0 saturated heterocycles. The van der Waals surface area contributed by atoms with Crippen molar-refractivity contribution in [2.45, 2.75) is 25.3 Å². The van der Waals surface area contributed by atoms with Crippen LogP contribution in [0.3, 0.4) is 0 Å². The maximum absolute atomic E-state index is 11.6. The lowest BCUT2D eigenvalue weighted by molar-refractivity contribution is -0.120. The number of rotatable bonds is 7. The number of carbonyl (C=O) groups is 2. The lowest BCUT2D eigenvalue weighted by Gasteiger charge is -2.10. The van der Waals surface area contributed by atoms with Gasteiger partial charge in [0.25, 0.3) is 0 Å². The number of methoxy groups -OCH3 is 1. The summed E-state index contributed by atoms with van der Waals surface area (Å²) >= 11 is 0. The van der Waals surface area contributed by atoms with E-state index in [0.29, 0.717) is 19.0 Å². The number of amides is 3. The van der Waals surface area contributed by atoms with Gasteiger partial charge in [0.1, 0.15) is 5.75 Å². The number of para-hydroxylation sites is 1. The molecule has 1 aliphatic rings. The zero-order valence-electron chi connectivity index (χ0n) is 12.1. The first kappa shape index (κ1) is 15.2. The van der Waals surface area contributed by atoms with Gasteiger partial charge in [-0.15, -0.1) is 0 Å². The third-order valence-electron chi connectivity index (χ3n) is 3.23. The van der Waals surface area contributed by atoms with Gasteiger partial charge in [-0.25, -0.2) is 4.79 Å². The summed E-state index contributed by atoms with van der Waals surface area (Å²) in [5.74, 6) is 0.615. The number of carbonyl (C=O) groups excluding carboxylic acids is 2. The molecule has 6 heteroatoms. The molecule has 1 aromatic carbocycles. The number of urea groups is 1. The van der Waals surface area contributed by atoms with Crippen molar-refractivity contribution in [2.24, 2.45) is 0 Å². The molecule has 3 N–H and O–H groups in total. The quantitative estimate of drug-likeness (QED) is 0.696. The summed E-state index contributed by atoms with van der Waals surface area (Å²) in [6, 6.07) is 7.70. The molecule has 2 rings (SSSR count). The Morgan fingerprint density at radius 2 is 2.00 bits per heavy atom. The van der Waals surface area contributed by atoms with Crippen LogP contribution in [0.4, 0.5) is 4.79 Å². The minimum Gasteiger partial charge on any atom is -0.496 e. The molecule has 0 spiro atoms. The molecule has 0 aliphatic heterocycles. The second-order valence-electron chi connectivity index (χ2n) is 5.01. The Morgan fingerprint density at radius 1 is 1.24 bits per heavy atom. The van der Waals surface area contributed by atoms with Gasteiger partial charge in [0, 0.05) is 12.6 Å². The van der Waals surface area contributed by atoms with Gasteiger partial charge in [-0.2, -0.15) is 0 Å². The smallest absolute Gasteiger partial charge is 0.315 e. The summed E-state index contributed by atoms with van der Waals surface area (Å²) in [6.07, 6.45) is 2.74. The average Bonchev–Trinajstić information content (AvgIpc) is 3.29. The van der Waals surface area contributed by atoms with Crippen LogP contribution in [-0.2, 0) is 11.2 Å². The Kier molecular flexibility index (Phi) is 5.43. The number of nitrogens with one attached hydrogen (secondary N) is 3. The van der Waals surface area contributed by atoms with Crippen LogP contribution < -0.4 is 20.7 Å². The maximum Gasteiger partial charge on any atom is 0.315 e. The largest absolute Gasteiger partial charge is 0.496 e. The average molecular weight is 291 g/mol. The van der Waals surface area contributed by atoms with Crippen LogP contribution in [0.5, 0.6) is 5.75 Å². The van der Waals surface area contributed by atoms with Crippen LogP contribution in [0.1, 0.15) is 18.4 Å². The van der Waals surface area contributed by atoms with E-state index < -0.39 is 0 Å².